The summed E-state index contributed by atoms with van der Waals surface area (Å²) in [6.07, 6.45) is 1.17. The number of ether oxygens (including phenoxy) is 1. The number of nitrogens with one attached hydrogen (secondary N) is 1. The fourth-order valence-corrected chi connectivity index (χ4v) is 7.40. The summed E-state index contributed by atoms with van der Waals surface area (Å²) >= 11 is 1.05. The Labute approximate surface area is 192 Å². The fraction of sp³-hybridized carbons (Fsp3) is 0.571. The smallest absolute Gasteiger partial charge is 0.340 e. The Morgan fingerprint density at radius 2 is 2.00 bits per heavy atom. The predicted molar refractivity (Wildman–Crippen MR) is 121 cm³/mol. The Morgan fingerprint density at radius 1 is 1.31 bits per heavy atom. The summed E-state index contributed by atoms with van der Waals surface area (Å²) in [5, 5.41) is 7.08. The number of esters is 1. The molecule has 0 radical (unpaired) electrons. The highest BCUT2D eigenvalue weighted by Crippen LogP contribution is 2.38. The van der Waals surface area contributed by atoms with Crippen molar-refractivity contribution in [3.8, 4) is 0 Å². The number of amides is 1. The summed E-state index contributed by atoms with van der Waals surface area (Å²) in [5.74, 6) is -0.452. The lowest BCUT2D eigenvalue weighted by Gasteiger charge is -2.26. The number of H-pyrrole nitrogens is 1. The van der Waals surface area contributed by atoms with E-state index < -0.39 is 16.0 Å². The molecule has 32 heavy (non-hydrogen) atoms. The molecule has 176 valence electrons. The van der Waals surface area contributed by atoms with Gasteiger partial charge >= 0.3 is 5.97 Å². The van der Waals surface area contributed by atoms with E-state index in [0.717, 1.165) is 23.5 Å². The van der Waals surface area contributed by atoms with E-state index in [1.54, 1.807) is 24.8 Å². The van der Waals surface area contributed by atoms with Gasteiger partial charge in [0.2, 0.25) is 0 Å². The summed E-state index contributed by atoms with van der Waals surface area (Å²) in [5.41, 5.74) is 1.99. The van der Waals surface area contributed by atoms with Crippen molar-refractivity contribution < 1.29 is 22.7 Å². The van der Waals surface area contributed by atoms with Gasteiger partial charge in [-0.15, -0.1) is 11.3 Å². The van der Waals surface area contributed by atoms with Crippen molar-refractivity contribution in [1.82, 2.24) is 19.4 Å². The van der Waals surface area contributed by atoms with E-state index >= 15 is 0 Å². The van der Waals surface area contributed by atoms with E-state index in [9.17, 15) is 18.0 Å². The van der Waals surface area contributed by atoms with Crippen LogP contribution in [-0.4, -0.2) is 66.4 Å². The van der Waals surface area contributed by atoms with Gasteiger partial charge in [0.25, 0.3) is 15.9 Å². The summed E-state index contributed by atoms with van der Waals surface area (Å²) in [6.45, 7) is 8.87. The highest BCUT2D eigenvalue weighted by Gasteiger charge is 2.37. The van der Waals surface area contributed by atoms with Crippen LogP contribution in [0, 0.1) is 5.92 Å². The molecule has 0 saturated carbocycles. The van der Waals surface area contributed by atoms with E-state index in [4.69, 9.17) is 4.74 Å². The number of nitrogens with zero attached hydrogens (tertiary/aromatic N) is 3. The number of sulfonamides is 1. The number of aromatic nitrogens is 2. The summed E-state index contributed by atoms with van der Waals surface area (Å²) in [7, 11) is -2.61. The zero-order chi connectivity index (χ0) is 23.6. The van der Waals surface area contributed by atoms with Gasteiger partial charge in [0, 0.05) is 30.2 Å². The normalized spacial score (nSPS) is 14.2. The molecule has 0 aromatic carbocycles. The van der Waals surface area contributed by atoms with Crippen LogP contribution in [-0.2, 0) is 34.1 Å². The molecule has 0 bridgehead atoms. The maximum absolute atomic E-state index is 13.2. The van der Waals surface area contributed by atoms with Gasteiger partial charge in [-0.05, 0) is 30.4 Å². The van der Waals surface area contributed by atoms with Gasteiger partial charge in [-0.2, -0.15) is 9.40 Å². The largest absolute Gasteiger partial charge is 0.465 e. The first-order valence-electron chi connectivity index (χ1n) is 10.7. The van der Waals surface area contributed by atoms with E-state index in [0.29, 0.717) is 48.1 Å². The standard InChI is InChI=1S/C21H30N4O5S2/c1-6-25(7-2)32(28,29)21-18(20(27)30-5)15-8-9-24(12-17(15)31-21)19(26)16-11-14(22-23-16)10-13(3)4/h11,13H,6-10,12H2,1-5H3,(H,22,23). The zero-order valence-electron chi connectivity index (χ0n) is 19.1. The van der Waals surface area contributed by atoms with Crippen LogP contribution in [0.25, 0.3) is 0 Å². The number of fused-ring (bicyclic) bond motifs is 1. The average molecular weight is 483 g/mol. The maximum atomic E-state index is 13.2. The van der Waals surface area contributed by atoms with E-state index in [-0.39, 0.29) is 22.2 Å². The predicted octanol–water partition coefficient (Wildman–Crippen LogP) is 2.69. The van der Waals surface area contributed by atoms with Crippen molar-refractivity contribution in [2.75, 3.05) is 26.7 Å². The molecule has 0 fully saturated rings. The second-order valence-corrected chi connectivity index (χ2v) is 11.3. The van der Waals surface area contributed by atoms with Crippen LogP contribution in [0.5, 0.6) is 0 Å². The first-order chi connectivity index (χ1) is 15.1. The number of hydrogen-bond acceptors (Lipinski definition) is 7. The van der Waals surface area contributed by atoms with Crippen LogP contribution in [0.15, 0.2) is 10.3 Å². The molecule has 1 aliphatic rings. The summed E-state index contributed by atoms with van der Waals surface area (Å²) in [6, 6.07) is 1.77. The van der Waals surface area contributed by atoms with Gasteiger partial charge in [-0.25, -0.2) is 13.2 Å². The van der Waals surface area contributed by atoms with Crippen molar-refractivity contribution in [1.29, 1.82) is 0 Å². The second-order valence-electron chi connectivity index (χ2n) is 8.10. The highest BCUT2D eigenvalue weighted by atomic mass is 32.2. The second kappa shape index (κ2) is 9.72. The van der Waals surface area contributed by atoms with Gasteiger partial charge < -0.3 is 9.64 Å². The van der Waals surface area contributed by atoms with Gasteiger partial charge in [0.1, 0.15) is 9.90 Å². The molecule has 9 nitrogen and oxygen atoms in total. The SMILES string of the molecule is CCN(CC)S(=O)(=O)c1sc2c(c1C(=O)OC)CCN(C(=O)c1cc(CC(C)C)[nH]n1)C2. The molecule has 0 unspecified atom stereocenters. The number of carbonyl (C=O) groups excluding carboxylic acids is 2. The maximum Gasteiger partial charge on any atom is 0.340 e. The Bertz CT molecular complexity index is 1100. The topological polar surface area (TPSA) is 113 Å². The molecule has 11 heteroatoms. The minimum Gasteiger partial charge on any atom is -0.465 e. The summed E-state index contributed by atoms with van der Waals surface area (Å²) < 4.78 is 32.7. The van der Waals surface area contributed by atoms with Crippen molar-refractivity contribution in [3.63, 3.8) is 0 Å². The van der Waals surface area contributed by atoms with Crippen LogP contribution in [0.3, 0.4) is 0 Å². The van der Waals surface area contributed by atoms with Crippen molar-refractivity contribution in [2.24, 2.45) is 5.92 Å². The average Bonchev–Trinajstić information content (AvgIpc) is 3.37. The Hall–Kier alpha value is -2.24. The molecule has 2 aromatic rings. The number of rotatable bonds is 8. The number of hydrogen-bond donors (Lipinski definition) is 1. The first kappa shape index (κ1) is 24.4. The number of methoxy groups -OCH3 is 1. The van der Waals surface area contributed by atoms with Crippen LogP contribution >= 0.6 is 11.3 Å². The molecule has 0 saturated heterocycles. The van der Waals surface area contributed by atoms with Gasteiger partial charge in [-0.1, -0.05) is 27.7 Å². The molecule has 2 aromatic heterocycles. The van der Waals surface area contributed by atoms with E-state index in [1.165, 1.54) is 11.4 Å². The van der Waals surface area contributed by atoms with Gasteiger partial charge in [-0.3, -0.25) is 9.89 Å². The third kappa shape index (κ3) is 4.60. The third-order valence-electron chi connectivity index (χ3n) is 5.46. The van der Waals surface area contributed by atoms with E-state index in [1.807, 2.05) is 0 Å². The Morgan fingerprint density at radius 3 is 2.59 bits per heavy atom. The molecule has 1 aliphatic heterocycles. The van der Waals surface area contributed by atoms with Crippen LogP contribution in [0.1, 0.15) is 64.7 Å². The molecule has 0 aliphatic carbocycles. The molecular formula is C21H30N4O5S2. The quantitative estimate of drug-likeness (QED) is 0.579. The highest BCUT2D eigenvalue weighted by molar-refractivity contribution is 7.91. The van der Waals surface area contributed by atoms with Crippen molar-refractivity contribution >= 4 is 33.2 Å². The Balaban J connectivity index is 1.94. The fourth-order valence-electron chi connectivity index (χ4n) is 3.90. The van der Waals surface area contributed by atoms with Crippen LogP contribution < -0.4 is 0 Å². The minimum absolute atomic E-state index is 0.00802. The number of aromatic amines is 1. The monoisotopic (exact) mass is 482 g/mol. The molecule has 0 spiro atoms. The minimum atomic E-state index is -3.85. The zero-order valence-corrected chi connectivity index (χ0v) is 20.7. The molecule has 3 heterocycles. The summed E-state index contributed by atoms with van der Waals surface area (Å²) in [4.78, 5) is 27.9. The van der Waals surface area contributed by atoms with Crippen LogP contribution in [0.4, 0.5) is 0 Å². The lowest BCUT2D eigenvalue weighted by molar-refractivity contribution is 0.0595. The van der Waals surface area contributed by atoms with E-state index in [2.05, 4.69) is 24.0 Å². The Kier molecular flexibility index (Phi) is 7.41. The molecule has 1 N–H and O–H groups in total. The number of carbonyl (C=O) groups is 2. The van der Waals surface area contributed by atoms with Gasteiger partial charge in [0.05, 0.1) is 19.2 Å². The van der Waals surface area contributed by atoms with Crippen molar-refractivity contribution in [2.45, 2.75) is 51.3 Å². The molecular weight excluding hydrogens is 452 g/mol. The van der Waals surface area contributed by atoms with Gasteiger partial charge in [0.15, 0.2) is 0 Å². The molecule has 1 amide bonds. The first-order valence-corrected chi connectivity index (χ1v) is 13.0. The molecule has 0 atom stereocenters. The van der Waals surface area contributed by atoms with Crippen molar-refractivity contribution in [3.05, 3.63) is 33.5 Å². The lowest BCUT2D eigenvalue weighted by atomic mass is 10.0. The number of thiophene rings is 1. The lowest BCUT2D eigenvalue weighted by Crippen LogP contribution is -2.36. The molecule has 3 rings (SSSR count). The third-order valence-corrected chi connectivity index (χ3v) is 9.22. The van der Waals surface area contributed by atoms with Crippen LogP contribution in [0.2, 0.25) is 0 Å².